The number of nitrogens with two attached hydrogens (primary N) is 1. The number of nitrogen functional groups attached to an aromatic ring is 1. The number of aromatic carboxylic acids is 1. The van der Waals surface area contributed by atoms with Gasteiger partial charge < -0.3 is 21.0 Å². The van der Waals surface area contributed by atoms with E-state index >= 15 is 0 Å². The topological polar surface area (TPSA) is 95.2 Å². The Morgan fingerprint density at radius 1 is 1.15 bits per heavy atom. The number of carboxylic acids is 1. The molecule has 0 unspecified atom stereocenters. The third-order valence-corrected chi connectivity index (χ3v) is 3.00. The van der Waals surface area contributed by atoms with Crippen LogP contribution in [0.1, 0.15) is 20.7 Å². The van der Waals surface area contributed by atoms with Gasteiger partial charge in [-0.2, -0.15) is 0 Å². The lowest BCUT2D eigenvalue weighted by Gasteiger charge is -2.12. The van der Waals surface area contributed by atoms with Crippen LogP contribution in [0.5, 0.6) is 0 Å². The third kappa shape index (κ3) is 2.89. The highest BCUT2D eigenvalue weighted by atomic mass is 35.5. The minimum absolute atomic E-state index is 0.0946. The summed E-state index contributed by atoms with van der Waals surface area (Å²) in [6.45, 7) is 0. The summed E-state index contributed by atoms with van der Waals surface area (Å²) in [5.74, 6) is -1.85. The van der Waals surface area contributed by atoms with Gasteiger partial charge in [0.05, 0.1) is 22.4 Å². The predicted octanol–water partition coefficient (Wildman–Crippen LogP) is 1.54. The number of nitrogens with one attached hydrogen (secondary N) is 1. The molecule has 0 saturated heterocycles. The van der Waals surface area contributed by atoms with Crippen molar-refractivity contribution in [2.24, 2.45) is 0 Å². The van der Waals surface area contributed by atoms with Gasteiger partial charge in [0.25, 0.3) is 5.91 Å². The van der Waals surface area contributed by atoms with E-state index in [4.69, 9.17) is 17.3 Å². The maximum Gasteiger partial charge on any atom is 0.255 e. The lowest BCUT2D eigenvalue weighted by atomic mass is 10.1. The van der Waals surface area contributed by atoms with Gasteiger partial charge in [-0.25, -0.2) is 0 Å². The third-order valence-electron chi connectivity index (χ3n) is 2.65. The van der Waals surface area contributed by atoms with Gasteiger partial charge in [0.1, 0.15) is 0 Å². The van der Waals surface area contributed by atoms with Crippen LogP contribution in [0, 0.1) is 0 Å². The SMILES string of the molecule is Nc1cc(C(=O)Nc2ccccc2C(=O)[O-])ccc1Cl. The first-order valence-electron chi connectivity index (χ1n) is 5.66. The predicted molar refractivity (Wildman–Crippen MR) is 74.6 cm³/mol. The van der Waals surface area contributed by atoms with Crippen molar-refractivity contribution < 1.29 is 14.7 Å². The molecule has 0 aromatic heterocycles. The number of anilines is 2. The van der Waals surface area contributed by atoms with E-state index in [0.29, 0.717) is 5.02 Å². The molecule has 1 amide bonds. The zero-order valence-electron chi connectivity index (χ0n) is 10.2. The molecule has 20 heavy (non-hydrogen) atoms. The minimum Gasteiger partial charge on any atom is -0.545 e. The maximum absolute atomic E-state index is 12.0. The first-order valence-corrected chi connectivity index (χ1v) is 6.03. The van der Waals surface area contributed by atoms with Gasteiger partial charge in [0.15, 0.2) is 0 Å². The number of para-hydroxylation sites is 1. The number of carbonyl (C=O) groups is 2. The van der Waals surface area contributed by atoms with Crippen LogP contribution >= 0.6 is 11.6 Å². The second-order valence-electron chi connectivity index (χ2n) is 4.02. The number of carbonyl (C=O) groups excluding carboxylic acids is 2. The van der Waals surface area contributed by atoms with Gasteiger partial charge in [0, 0.05) is 11.1 Å². The van der Waals surface area contributed by atoms with Crippen molar-refractivity contribution in [3.63, 3.8) is 0 Å². The van der Waals surface area contributed by atoms with Gasteiger partial charge in [0.2, 0.25) is 0 Å². The zero-order chi connectivity index (χ0) is 14.7. The number of hydrogen-bond acceptors (Lipinski definition) is 4. The molecule has 2 aromatic rings. The minimum atomic E-state index is -1.36. The van der Waals surface area contributed by atoms with Crippen LogP contribution < -0.4 is 16.2 Å². The molecule has 0 saturated carbocycles. The first kappa shape index (κ1) is 13.9. The van der Waals surface area contributed by atoms with E-state index in [-0.39, 0.29) is 22.5 Å². The molecular formula is C14H10ClN2O3-. The Kier molecular flexibility index (Phi) is 3.91. The standard InChI is InChI=1S/C14H11ClN2O3/c15-10-6-5-8(7-11(10)16)13(18)17-12-4-2-1-3-9(12)14(19)20/h1-7H,16H2,(H,17,18)(H,19,20)/p-1. The number of halogens is 1. The van der Waals surface area contributed by atoms with Crippen molar-refractivity contribution in [1.29, 1.82) is 0 Å². The molecule has 5 nitrogen and oxygen atoms in total. The molecule has 2 rings (SSSR count). The Bertz CT molecular complexity index is 686. The van der Waals surface area contributed by atoms with E-state index in [1.165, 1.54) is 30.3 Å². The Hall–Kier alpha value is -2.53. The van der Waals surface area contributed by atoms with E-state index in [1.807, 2.05) is 0 Å². The first-order chi connectivity index (χ1) is 9.49. The molecule has 0 aliphatic rings. The fourth-order valence-corrected chi connectivity index (χ4v) is 1.77. The Balaban J connectivity index is 2.28. The molecule has 0 fully saturated rings. The average molecular weight is 290 g/mol. The van der Waals surface area contributed by atoms with Crippen LogP contribution in [0.4, 0.5) is 11.4 Å². The molecule has 2 aromatic carbocycles. The number of benzene rings is 2. The monoisotopic (exact) mass is 289 g/mol. The normalized spacial score (nSPS) is 10.1. The summed E-state index contributed by atoms with van der Waals surface area (Å²) in [6, 6.07) is 10.4. The summed E-state index contributed by atoms with van der Waals surface area (Å²) in [6.07, 6.45) is 0. The number of carboxylic acid groups (broad SMARTS) is 1. The van der Waals surface area contributed by atoms with Crippen LogP contribution in [-0.2, 0) is 0 Å². The molecule has 3 N–H and O–H groups in total. The molecule has 102 valence electrons. The number of amides is 1. The van der Waals surface area contributed by atoms with Crippen molar-refractivity contribution in [1.82, 2.24) is 0 Å². The number of rotatable bonds is 3. The van der Waals surface area contributed by atoms with Crippen LogP contribution in [-0.4, -0.2) is 11.9 Å². The Morgan fingerprint density at radius 3 is 2.50 bits per heavy atom. The second-order valence-corrected chi connectivity index (χ2v) is 4.43. The molecule has 0 atom stereocenters. The molecule has 6 heteroatoms. The van der Waals surface area contributed by atoms with Gasteiger partial charge in [-0.1, -0.05) is 29.8 Å². The van der Waals surface area contributed by atoms with Crippen molar-refractivity contribution in [3.8, 4) is 0 Å². The van der Waals surface area contributed by atoms with Crippen molar-refractivity contribution >= 4 is 34.9 Å². The molecule has 0 aliphatic carbocycles. The van der Waals surface area contributed by atoms with Crippen LogP contribution in [0.15, 0.2) is 42.5 Å². The van der Waals surface area contributed by atoms with Crippen LogP contribution in [0.3, 0.4) is 0 Å². The zero-order valence-corrected chi connectivity index (χ0v) is 11.0. The van der Waals surface area contributed by atoms with Gasteiger partial charge in [-0.05, 0) is 24.3 Å². The van der Waals surface area contributed by atoms with Crippen molar-refractivity contribution in [2.45, 2.75) is 0 Å². The molecule has 0 heterocycles. The van der Waals surface area contributed by atoms with Crippen molar-refractivity contribution in [2.75, 3.05) is 11.1 Å². The summed E-state index contributed by atoms with van der Waals surface area (Å²) < 4.78 is 0. The Labute approximate surface area is 120 Å². The highest BCUT2D eigenvalue weighted by Crippen LogP contribution is 2.21. The highest BCUT2D eigenvalue weighted by molar-refractivity contribution is 6.33. The fraction of sp³-hybridized carbons (Fsp3) is 0. The lowest BCUT2D eigenvalue weighted by molar-refractivity contribution is -0.254. The maximum atomic E-state index is 12.0. The van der Waals surface area contributed by atoms with E-state index < -0.39 is 11.9 Å². The second kappa shape index (κ2) is 5.63. The molecular weight excluding hydrogens is 280 g/mol. The van der Waals surface area contributed by atoms with Gasteiger partial charge >= 0.3 is 0 Å². The quantitative estimate of drug-likeness (QED) is 0.838. The summed E-state index contributed by atoms with van der Waals surface area (Å²) in [4.78, 5) is 23.0. The van der Waals surface area contributed by atoms with E-state index in [9.17, 15) is 14.7 Å². The van der Waals surface area contributed by atoms with Crippen LogP contribution in [0.2, 0.25) is 5.02 Å². The smallest absolute Gasteiger partial charge is 0.255 e. The molecule has 0 aliphatic heterocycles. The fourth-order valence-electron chi connectivity index (χ4n) is 1.65. The number of hydrogen-bond donors (Lipinski definition) is 2. The Morgan fingerprint density at radius 2 is 1.85 bits per heavy atom. The average Bonchev–Trinajstić information content (AvgIpc) is 2.42. The largest absolute Gasteiger partial charge is 0.545 e. The lowest BCUT2D eigenvalue weighted by Crippen LogP contribution is -2.24. The molecule has 0 bridgehead atoms. The highest BCUT2D eigenvalue weighted by Gasteiger charge is 2.10. The molecule has 0 spiro atoms. The summed E-state index contributed by atoms with van der Waals surface area (Å²) in [5.41, 5.74) is 6.23. The summed E-state index contributed by atoms with van der Waals surface area (Å²) in [5, 5.41) is 13.8. The van der Waals surface area contributed by atoms with E-state index in [0.717, 1.165) is 0 Å². The molecule has 0 radical (unpaired) electrons. The van der Waals surface area contributed by atoms with E-state index in [2.05, 4.69) is 5.32 Å². The van der Waals surface area contributed by atoms with Gasteiger partial charge in [-0.15, -0.1) is 0 Å². The van der Waals surface area contributed by atoms with Crippen molar-refractivity contribution in [3.05, 3.63) is 58.6 Å². The summed E-state index contributed by atoms with van der Waals surface area (Å²) >= 11 is 5.77. The van der Waals surface area contributed by atoms with Gasteiger partial charge in [-0.3, -0.25) is 4.79 Å². The van der Waals surface area contributed by atoms with E-state index in [1.54, 1.807) is 12.1 Å². The van der Waals surface area contributed by atoms with Crippen LogP contribution in [0.25, 0.3) is 0 Å². The summed E-state index contributed by atoms with van der Waals surface area (Å²) in [7, 11) is 0.